The van der Waals surface area contributed by atoms with Gasteiger partial charge in [-0.3, -0.25) is 4.79 Å². The quantitative estimate of drug-likeness (QED) is 0.751. The predicted molar refractivity (Wildman–Crippen MR) is 96.9 cm³/mol. The number of benzene rings is 1. The first-order chi connectivity index (χ1) is 12.0. The number of hydrogen-bond donors (Lipinski definition) is 2. The number of carbonyl (C=O) groups excluding carboxylic acids is 1. The van der Waals surface area contributed by atoms with Crippen LogP contribution in [0.4, 0.5) is 0 Å². The van der Waals surface area contributed by atoms with E-state index in [0.29, 0.717) is 5.69 Å². The smallest absolute Gasteiger partial charge is 0.273 e. The van der Waals surface area contributed by atoms with Crippen LogP contribution in [0.25, 0.3) is 10.1 Å². The summed E-state index contributed by atoms with van der Waals surface area (Å²) in [5.74, 6) is 0.543. The minimum absolute atomic E-state index is 0.125. The van der Waals surface area contributed by atoms with E-state index in [1.54, 1.807) is 18.3 Å². The summed E-state index contributed by atoms with van der Waals surface area (Å²) in [6.45, 7) is 1.84. The highest BCUT2D eigenvalue weighted by Crippen LogP contribution is 2.33. The van der Waals surface area contributed by atoms with Crippen molar-refractivity contribution < 1.29 is 14.4 Å². The summed E-state index contributed by atoms with van der Waals surface area (Å²) >= 11 is 1.54. The van der Waals surface area contributed by atoms with Crippen molar-refractivity contribution in [1.82, 2.24) is 10.5 Å². The summed E-state index contributed by atoms with van der Waals surface area (Å²) in [6.07, 6.45) is 3.79. The number of fused-ring (bicyclic) bond motifs is 2. The van der Waals surface area contributed by atoms with Gasteiger partial charge in [0.2, 0.25) is 0 Å². The van der Waals surface area contributed by atoms with Gasteiger partial charge in [-0.1, -0.05) is 23.4 Å². The summed E-state index contributed by atoms with van der Waals surface area (Å²) in [4.78, 5) is 13.3. The second kappa shape index (κ2) is 6.28. The number of aryl methyl sites for hydroxylation is 1. The molecule has 0 radical (unpaired) electrons. The number of rotatable bonds is 4. The fourth-order valence-electron chi connectivity index (χ4n) is 3.23. The predicted octanol–water partition coefficient (Wildman–Crippen LogP) is 3.41. The molecule has 0 saturated heterocycles. The second-order valence-corrected chi connectivity index (χ2v) is 7.83. The standard InChI is InChI=1S/C19H20N2O3S/c1-19(23,16-10-12-6-2-5-9-15(12)25-16)11-20-18(22)17-13-7-3-4-8-14(13)24-21-17/h2,5-6,9-10,23H,3-4,7-8,11H2,1H3,(H,20,22). The Labute approximate surface area is 149 Å². The molecule has 1 aliphatic rings. The number of aromatic nitrogens is 1. The highest BCUT2D eigenvalue weighted by molar-refractivity contribution is 7.19. The first-order valence-electron chi connectivity index (χ1n) is 8.52. The van der Waals surface area contributed by atoms with Gasteiger partial charge < -0.3 is 14.9 Å². The molecule has 1 atom stereocenters. The van der Waals surface area contributed by atoms with E-state index in [0.717, 1.165) is 52.0 Å². The van der Waals surface area contributed by atoms with Crippen LogP contribution < -0.4 is 5.32 Å². The van der Waals surface area contributed by atoms with Crippen LogP contribution >= 0.6 is 11.3 Å². The van der Waals surface area contributed by atoms with Crippen LogP contribution in [0.2, 0.25) is 0 Å². The Morgan fingerprint density at radius 3 is 3.00 bits per heavy atom. The zero-order valence-corrected chi connectivity index (χ0v) is 14.9. The Bertz CT molecular complexity index is 893. The minimum atomic E-state index is -1.14. The molecule has 130 valence electrons. The van der Waals surface area contributed by atoms with Crippen LogP contribution in [-0.2, 0) is 18.4 Å². The lowest BCUT2D eigenvalue weighted by molar-refractivity contribution is 0.0554. The van der Waals surface area contributed by atoms with Gasteiger partial charge in [-0.25, -0.2) is 0 Å². The molecule has 0 bridgehead atoms. The third-order valence-corrected chi connectivity index (χ3v) is 6.08. The van der Waals surface area contributed by atoms with Gasteiger partial charge in [0.15, 0.2) is 5.69 Å². The molecule has 5 nitrogen and oxygen atoms in total. The van der Waals surface area contributed by atoms with Crippen molar-refractivity contribution in [2.45, 2.75) is 38.2 Å². The molecule has 1 unspecified atom stereocenters. The number of nitrogens with one attached hydrogen (secondary N) is 1. The minimum Gasteiger partial charge on any atom is -0.383 e. The Kier molecular flexibility index (Phi) is 4.09. The lowest BCUT2D eigenvalue weighted by atomic mass is 9.96. The van der Waals surface area contributed by atoms with E-state index in [9.17, 15) is 9.90 Å². The molecule has 1 aliphatic carbocycles. The average molecular weight is 356 g/mol. The van der Waals surface area contributed by atoms with Gasteiger partial charge >= 0.3 is 0 Å². The van der Waals surface area contributed by atoms with Gasteiger partial charge in [0.05, 0.1) is 6.54 Å². The zero-order chi connectivity index (χ0) is 17.4. The van der Waals surface area contributed by atoms with Crippen molar-refractivity contribution in [3.63, 3.8) is 0 Å². The van der Waals surface area contributed by atoms with E-state index in [-0.39, 0.29) is 12.5 Å². The molecule has 0 spiro atoms. The molecule has 0 fully saturated rings. The van der Waals surface area contributed by atoms with Gasteiger partial charge in [0, 0.05) is 21.6 Å². The first kappa shape index (κ1) is 16.3. The molecule has 25 heavy (non-hydrogen) atoms. The van der Waals surface area contributed by atoms with Crippen molar-refractivity contribution in [1.29, 1.82) is 0 Å². The molecule has 0 aliphatic heterocycles. The van der Waals surface area contributed by atoms with Gasteiger partial charge in [-0.2, -0.15) is 0 Å². The maximum absolute atomic E-state index is 12.5. The molecule has 1 aromatic carbocycles. The van der Waals surface area contributed by atoms with E-state index in [4.69, 9.17) is 4.52 Å². The monoisotopic (exact) mass is 356 g/mol. The van der Waals surface area contributed by atoms with Crippen LogP contribution in [0.3, 0.4) is 0 Å². The van der Waals surface area contributed by atoms with E-state index in [1.165, 1.54) is 0 Å². The largest absolute Gasteiger partial charge is 0.383 e. The molecular formula is C19H20N2O3S. The summed E-state index contributed by atoms with van der Waals surface area (Å²) < 4.78 is 6.41. The average Bonchev–Trinajstić information content (AvgIpc) is 3.24. The van der Waals surface area contributed by atoms with Gasteiger partial charge in [0.1, 0.15) is 11.4 Å². The summed E-state index contributed by atoms with van der Waals surface area (Å²) in [5.41, 5.74) is 0.149. The van der Waals surface area contributed by atoms with Crippen molar-refractivity contribution in [3.05, 3.63) is 52.2 Å². The SMILES string of the molecule is CC(O)(CNC(=O)c1noc2c1CCCC2)c1cc2ccccc2s1. The molecule has 1 amide bonds. The van der Waals surface area contributed by atoms with Gasteiger partial charge in [-0.05, 0) is 43.7 Å². The number of hydrogen-bond acceptors (Lipinski definition) is 5. The summed E-state index contributed by atoms with van der Waals surface area (Å²) in [7, 11) is 0. The Morgan fingerprint density at radius 2 is 2.16 bits per heavy atom. The lowest BCUT2D eigenvalue weighted by Gasteiger charge is -2.22. The van der Waals surface area contributed by atoms with E-state index >= 15 is 0 Å². The zero-order valence-electron chi connectivity index (χ0n) is 14.0. The molecule has 2 N–H and O–H groups in total. The molecule has 4 rings (SSSR count). The maximum atomic E-state index is 12.5. The topological polar surface area (TPSA) is 75.4 Å². The number of nitrogens with zero attached hydrogens (tertiary/aromatic N) is 1. The van der Waals surface area contributed by atoms with Crippen molar-refractivity contribution >= 4 is 27.3 Å². The number of aliphatic hydroxyl groups is 1. The summed E-state index contributed by atoms with van der Waals surface area (Å²) in [5, 5.41) is 18.7. The normalized spacial score (nSPS) is 16.4. The molecule has 0 saturated carbocycles. The summed E-state index contributed by atoms with van der Waals surface area (Å²) in [6, 6.07) is 9.98. The Balaban J connectivity index is 1.49. The Morgan fingerprint density at radius 1 is 1.36 bits per heavy atom. The highest BCUT2D eigenvalue weighted by Gasteiger charge is 2.29. The second-order valence-electron chi connectivity index (χ2n) is 6.75. The molecule has 2 heterocycles. The van der Waals surface area contributed by atoms with Gasteiger partial charge in [0.25, 0.3) is 5.91 Å². The van der Waals surface area contributed by atoms with Crippen molar-refractivity contribution in [2.75, 3.05) is 6.54 Å². The number of carbonyl (C=O) groups is 1. The van der Waals surface area contributed by atoms with Gasteiger partial charge in [-0.15, -0.1) is 11.3 Å². The lowest BCUT2D eigenvalue weighted by Crippen LogP contribution is -2.38. The molecule has 6 heteroatoms. The molecular weight excluding hydrogens is 336 g/mol. The van der Waals surface area contributed by atoms with Crippen LogP contribution in [0.1, 0.15) is 46.5 Å². The fourth-order valence-corrected chi connectivity index (χ4v) is 4.34. The van der Waals surface area contributed by atoms with Crippen LogP contribution in [-0.4, -0.2) is 22.7 Å². The maximum Gasteiger partial charge on any atom is 0.273 e. The van der Waals surface area contributed by atoms with Crippen molar-refractivity contribution in [2.24, 2.45) is 0 Å². The third kappa shape index (κ3) is 3.07. The van der Waals surface area contributed by atoms with Crippen LogP contribution in [0.15, 0.2) is 34.9 Å². The van der Waals surface area contributed by atoms with Crippen molar-refractivity contribution in [3.8, 4) is 0 Å². The van der Waals surface area contributed by atoms with E-state index in [1.807, 2.05) is 30.3 Å². The molecule has 2 aromatic heterocycles. The van der Waals surface area contributed by atoms with E-state index < -0.39 is 5.60 Å². The van der Waals surface area contributed by atoms with Crippen LogP contribution in [0.5, 0.6) is 0 Å². The van der Waals surface area contributed by atoms with E-state index in [2.05, 4.69) is 10.5 Å². The third-order valence-electron chi connectivity index (χ3n) is 4.71. The number of amides is 1. The Hall–Kier alpha value is -2.18. The first-order valence-corrected chi connectivity index (χ1v) is 9.33. The van der Waals surface area contributed by atoms with Crippen LogP contribution in [0, 0.1) is 0 Å². The number of thiophene rings is 1. The fraction of sp³-hybridized carbons (Fsp3) is 0.368. The molecule has 3 aromatic rings. The highest BCUT2D eigenvalue weighted by atomic mass is 32.1.